The van der Waals surface area contributed by atoms with Gasteiger partial charge in [0, 0.05) is 25.3 Å². The second-order valence-electron chi connectivity index (χ2n) is 4.50. The maximum atomic E-state index is 13.0. The van der Waals surface area contributed by atoms with Crippen LogP contribution in [0.5, 0.6) is 0 Å². The Hall–Kier alpha value is -1.09. The second-order valence-corrected chi connectivity index (χ2v) is 4.50. The van der Waals surface area contributed by atoms with Crippen molar-refractivity contribution in [3.8, 4) is 0 Å². The van der Waals surface area contributed by atoms with E-state index in [2.05, 4.69) is 24.1 Å². The van der Waals surface area contributed by atoms with Crippen molar-refractivity contribution in [1.29, 1.82) is 0 Å². The van der Waals surface area contributed by atoms with E-state index in [9.17, 15) is 4.39 Å². The quantitative estimate of drug-likeness (QED) is 0.785. The Morgan fingerprint density at radius 1 is 1.41 bits per heavy atom. The van der Waals surface area contributed by atoms with Crippen molar-refractivity contribution < 1.29 is 4.39 Å². The predicted molar refractivity (Wildman–Crippen MR) is 72.0 cm³/mol. The molecule has 2 nitrogen and oxygen atoms in total. The molecule has 0 amide bonds. The summed E-state index contributed by atoms with van der Waals surface area (Å²) in [5.74, 6) is -0.171. The lowest BCUT2D eigenvalue weighted by Crippen LogP contribution is -2.27. The van der Waals surface area contributed by atoms with Crippen molar-refractivity contribution in [1.82, 2.24) is 5.32 Å². The number of hydrogen-bond acceptors (Lipinski definition) is 2. The molecule has 1 rings (SSSR count). The van der Waals surface area contributed by atoms with Gasteiger partial charge in [-0.3, -0.25) is 0 Å². The fourth-order valence-corrected chi connectivity index (χ4v) is 1.93. The van der Waals surface area contributed by atoms with Gasteiger partial charge in [0.25, 0.3) is 0 Å². The Balaban J connectivity index is 2.32. The zero-order chi connectivity index (χ0) is 12.7. The van der Waals surface area contributed by atoms with Crippen molar-refractivity contribution in [2.24, 2.45) is 0 Å². The van der Waals surface area contributed by atoms with Gasteiger partial charge in [0.15, 0.2) is 0 Å². The predicted octanol–water partition coefficient (Wildman–Crippen LogP) is 3.04. The third kappa shape index (κ3) is 5.18. The normalized spacial score (nSPS) is 12.5. The minimum absolute atomic E-state index is 0.171. The first-order chi connectivity index (χ1) is 8.13. The SMILES string of the molecule is CCNC(C)CCCN(C)c1cccc(F)c1. The average molecular weight is 238 g/mol. The fraction of sp³-hybridized carbons (Fsp3) is 0.571. The summed E-state index contributed by atoms with van der Waals surface area (Å²) < 4.78 is 13.0. The van der Waals surface area contributed by atoms with Crippen LogP contribution >= 0.6 is 0 Å². The van der Waals surface area contributed by atoms with Crippen molar-refractivity contribution in [2.75, 3.05) is 25.0 Å². The van der Waals surface area contributed by atoms with E-state index in [1.165, 1.54) is 6.07 Å². The monoisotopic (exact) mass is 238 g/mol. The molecule has 0 aliphatic heterocycles. The van der Waals surface area contributed by atoms with Gasteiger partial charge in [0.2, 0.25) is 0 Å². The molecule has 0 aliphatic rings. The van der Waals surface area contributed by atoms with E-state index in [-0.39, 0.29) is 5.82 Å². The van der Waals surface area contributed by atoms with Crippen LogP contribution in [0, 0.1) is 5.82 Å². The number of benzene rings is 1. The molecule has 0 saturated carbocycles. The lowest BCUT2D eigenvalue weighted by atomic mass is 10.1. The van der Waals surface area contributed by atoms with Gasteiger partial charge in [-0.2, -0.15) is 0 Å². The van der Waals surface area contributed by atoms with Crippen LogP contribution in [0.2, 0.25) is 0 Å². The van der Waals surface area contributed by atoms with E-state index in [1.807, 2.05) is 13.1 Å². The third-order valence-corrected chi connectivity index (χ3v) is 2.93. The van der Waals surface area contributed by atoms with Crippen molar-refractivity contribution in [3.63, 3.8) is 0 Å². The maximum absolute atomic E-state index is 13.0. The largest absolute Gasteiger partial charge is 0.375 e. The van der Waals surface area contributed by atoms with Gasteiger partial charge in [0.1, 0.15) is 5.82 Å². The zero-order valence-corrected chi connectivity index (χ0v) is 11.0. The molecule has 0 radical (unpaired) electrons. The summed E-state index contributed by atoms with van der Waals surface area (Å²) in [5, 5.41) is 3.39. The molecule has 3 heteroatoms. The van der Waals surface area contributed by atoms with Gasteiger partial charge in [-0.25, -0.2) is 4.39 Å². The molecule has 1 N–H and O–H groups in total. The number of rotatable bonds is 7. The van der Waals surface area contributed by atoms with Gasteiger partial charge in [-0.1, -0.05) is 13.0 Å². The molecule has 0 bridgehead atoms. The molecule has 0 aliphatic carbocycles. The van der Waals surface area contributed by atoms with Crippen molar-refractivity contribution in [3.05, 3.63) is 30.1 Å². The van der Waals surface area contributed by atoms with E-state index in [4.69, 9.17) is 0 Å². The molecular weight excluding hydrogens is 215 g/mol. The van der Waals surface area contributed by atoms with Crippen LogP contribution in [0.1, 0.15) is 26.7 Å². The summed E-state index contributed by atoms with van der Waals surface area (Å²) in [6.45, 7) is 6.29. The molecule has 96 valence electrons. The van der Waals surface area contributed by atoms with Crippen LogP contribution in [-0.4, -0.2) is 26.2 Å². The summed E-state index contributed by atoms with van der Waals surface area (Å²) in [4.78, 5) is 2.10. The highest BCUT2D eigenvalue weighted by Gasteiger charge is 2.04. The van der Waals surface area contributed by atoms with Gasteiger partial charge in [0.05, 0.1) is 0 Å². The molecule has 0 spiro atoms. The molecule has 0 heterocycles. The second kappa shape index (κ2) is 7.28. The van der Waals surface area contributed by atoms with E-state index < -0.39 is 0 Å². The summed E-state index contributed by atoms with van der Waals surface area (Å²) in [6, 6.07) is 7.30. The fourth-order valence-electron chi connectivity index (χ4n) is 1.93. The Morgan fingerprint density at radius 3 is 2.82 bits per heavy atom. The molecule has 1 unspecified atom stereocenters. The summed E-state index contributed by atoms with van der Waals surface area (Å²) in [6.07, 6.45) is 2.26. The van der Waals surface area contributed by atoms with Gasteiger partial charge in [-0.05, 0) is 44.5 Å². The molecule has 1 aromatic carbocycles. The number of hydrogen-bond donors (Lipinski definition) is 1. The first kappa shape index (κ1) is 14.0. The van der Waals surface area contributed by atoms with Gasteiger partial charge >= 0.3 is 0 Å². The Bertz CT molecular complexity index is 328. The number of nitrogens with zero attached hydrogens (tertiary/aromatic N) is 1. The van der Waals surface area contributed by atoms with Crippen LogP contribution in [0.25, 0.3) is 0 Å². The smallest absolute Gasteiger partial charge is 0.125 e. The van der Waals surface area contributed by atoms with Crippen LogP contribution in [0.4, 0.5) is 10.1 Å². The van der Waals surface area contributed by atoms with Crippen LogP contribution < -0.4 is 10.2 Å². The molecule has 1 atom stereocenters. The molecule has 0 aromatic heterocycles. The minimum atomic E-state index is -0.171. The Morgan fingerprint density at radius 2 is 2.18 bits per heavy atom. The first-order valence-electron chi connectivity index (χ1n) is 6.33. The Kier molecular flexibility index (Phi) is 5.98. The van der Waals surface area contributed by atoms with Crippen LogP contribution in [-0.2, 0) is 0 Å². The molecule has 0 saturated heterocycles. The minimum Gasteiger partial charge on any atom is -0.375 e. The highest BCUT2D eigenvalue weighted by atomic mass is 19.1. The highest BCUT2D eigenvalue weighted by molar-refractivity contribution is 5.45. The standard InChI is InChI=1S/C14H23FN2/c1-4-16-12(2)7-6-10-17(3)14-9-5-8-13(15)11-14/h5,8-9,11-12,16H,4,6-7,10H2,1-3H3. The molecule has 17 heavy (non-hydrogen) atoms. The van der Waals surface area contributed by atoms with E-state index >= 15 is 0 Å². The summed E-state index contributed by atoms with van der Waals surface area (Å²) in [7, 11) is 2.01. The van der Waals surface area contributed by atoms with Gasteiger partial charge < -0.3 is 10.2 Å². The number of halogens is 1. The average Bonchev–Trinajstić information content (AvgIpc) is 2.29. The highest BCUT2D eigenvalue weighted by Crippen LogP contribution is 2.14. The summed E-state index contributed by atoms with van der Waals surface area (Å²) in [5.41, 5.74) is 0.945. The van der Waals surface area contributed by atoms with E-state index in [0.717, 1.165) is 31.6 Å². The van der Waals surface area contributed by atoms with Crippen LogP contribution in [0.15, 0.2) is 24.3 Å². The van der Waals surface area contributed by atoms with Crippen LogP contribution in [0.3, 0.4) is 0 Å². The van der Waals surface area contributed by atoms with Crippen molar-refractivity contribution in [2.45, 2.75) is 32.7 Å². The molecular formula is C14H23FN2. The molecule has 1 aromatic rings. The lowest BCUT2D eigenvalue weighted by molar-refractivity contribution is 0.513. The van der Waals surface area contributed by atoms with E-state index in [0.29, 0.717) is 6.04 Å². The summed E-state index contributed by atoms with van der Waals surface area (Å²) >= 11 is 0. The van der Waals surface area contributed by atoms with E-state index in [1.54, 1.807) is 12.1 Å². The van der Waals surface area contributed by atoms with Crippen molar-refractivity contribution >= 4 is 5.69 Å². The lowest BCUT2D eigenvalue weighted by Gasteiger charge is -2.20. The topological polar surface area (TPSA) is 15.3 Å². The first-order valence-corrected chi connectivity index (χ1v) is 6.33. The Labute approximate surface area is 104 Å². The molecule has 0 fully saturated rings. The maximum Gasteiger partial charge on any atom is 0.125 e. The van der Waals surface area contributed by atoms with Gasteiger partial charge in [-0.15, -0.1) is 0 Å². The number of anilines is 1. The third-order valence-electron chi connectivity index (χ3n) is 2.93. The number of nitrogens with one attached hydrogen (secondary N) is 1. The zero-order valence-electron chi connectivity index (χ0n) is 11.0.